The lowest BCUT2D eigenvalue weighted by atomic mass is 9.76. The molecule has 4 rings (SSSR count). The van der Waals surface area contributed by atoms with Crippen LogP contribution in [0.15, 0.2) is 24.3 Å². The number of ether oxygens (including phenoxy) is 2. The number of hydrogen-bond acceptors (Lipinski definition) is 5. The molecule has 1 unspecified atom stereocenters. The molecular weight excluding hydrogens is 382 g/mol. The number of hydrogen-bond donors (Lipinski definition) is 2. The molecule has 2 heterocycles. The van der Waals surface area contributed by atoms with E-state index in [-0.39, 0.29) is 11.5 Å². The Labute approximate surface area is 176 Å². The molecule has 0 spiro atoms. The van der Waals surface area contributed by atoms with Crippen molar-refractivity contribution < 1.29 is 24.2 Å². The molecule has 1 atom stereocenters. The molecule has 30 heavy (non-hydrogen) atoms. The number of rotatable bonds is 4. The average Bonchev–Trinajstić information content (AvgIpc) is 2.70. The quantitative estimate of drug-likeness (QED) is 0.584. The van der Waals surface area contributed by atoms with Gasteiger partial charge in [-0.25, -0.2) is 0 Å². The molecule has 1 saturated heterocycles. The van der Waals surface area contributed by atoms with Gasteiger partial charge in [-0.3, -0.25) is 9.59 Å². The molecule has 6 nitrogen and oxygen atoms in total. The lowest BCUT2D eigenvalue weighted by Crippen LogP contribution is -2.35. The number of piperidine rings is 1. The van der Waals surface area contributed by atoms with Crippen LogP contribution in [-0.4, -0.2) is 35.7 Å². The van der Waals surface area contributed by atoms with E-state index in [1.54, 1.807) is 0 Å². The Bertz CT molecular complexity index is 991. The zero-order valence-corrected chi connectivity index (χ0v) is 17.8. The average molecular weight is 411 g/mol. The molecule has 2 aliphatic heterocycles. The summed E-state index contributed by atoms with van der Waals surface area (Å²) in [7, 11) is 0. The van der Waals surface area contributed by atoms with Gasteiger partial charge in [-0.15, -0.1) is 0 Å². The first kappa shape index (κ1) is 20.7. The maximum Gasteiger partial charge on any atom is 0.311 e. The van der Waals surface area contributed by atoms with E-state index in [2.05, 4.69) is 5.32 Å². The van der Waals surface area contributed by atoms with Crippen LogP contribution in [0.5, 0.6) is 11.5 Å². The number of benzene rings is 2. The van der Waals surface area contributed by atoms with Crippen molar-refractivity contribution in [2.45, 2.75) is 58.0 Å². The number of nitrogens with one attached hydrogen (secondary N) is 1. The van der Waals surface area contributed by atoms with Crippen molar-refractivity contribution >= 4 is 22.7 Å². The van der Waals surface area contributed by atoms with Gasteiger partial charge in [0.15, 0.2) is 0 Å². The van der Waals surface area contributed by atoms with Gasteiger partial charge < -0.3 is 19.9 Å². The van der Waals surface area contributed by atoms with Crippen LogP contribution < -0.4 is 14.8 Å². The Morgan fingerprint density at radius 3 is 2.50 bits per heavy atom. The predicted octanol–water partition coefficient (Wildman–Crippen LogP) is 4.04. The highest BCUT2D eigenvalue weighted by Crippen LogP contribution is 2.50. The van der Waals surface area contributed by atoms with Crippen LogP contribution in [-0.2, 0) is 16.0 Å². The number of fused-ring (bicyclic) bond motifs is 3. The van der Waals surface area contributed by atoms with Crippen LogP contribution in [0.1, 0.15) is 57.1 Å². The Morgan fingerprint density at radius 1 is 1.20 bits per heavy atom. The molecule has 0 radical (unpaired) electrons. The van der Waals surface area contributed by atoms with Crippen LogP contribution in [0.3, 0.4) is 0 Å². The first-order valence-electron chi connectivity index (χ1n) is 10.7. The minimum absolute atomic E-state index is 0.0273. The van der Waals surface area contributed by atoms with Crippen molar-refractivity contribution in [1.29, 1.82) is 0 Å². The van der Waals surface area contributed by atoms with Crippen LogP contribution in [0.4, 0.5) is 0 Å². The van der Waals surface area contributed by atoms with Crippen molar-refractivity contribution in [3.8, 4) is 11.5 Å². The molecule has 2 aromatic carbocycles. The van der Waals surface area contributed by atoms with E-state index in [4.69, 9.17) is 9.47 Å². The largest absolute Gasteiger partial charge is 0.487 e. The summed E-state index contributed by atoms with van der Waals surface area (Å²) in [6, 6.07) is 7.71. The number of esters is 1. The van der Waals surface area contributed by atoms with Gasteiger partial charge in [0.05, 0.1) is 5.92 Å². The number of carboxylic acids is 1. The summed E-state index contributed by atoms with van der Waals surface area (Å²) in [6.07, 6.45) is 2.97. The van der Waals surface area contributed by atoms with E-state index in [1.807, 2.05) is 38.1 Å². The van der Waals surface area contributed by atoms with Gasteiger partial charge in [0.25, 0.3) is 0 Å². The Morgan fingerprint density at radius 2 is 1.87 bits per heavy atom. The summed E-state index contributed by atoms with van der Waals surface area (Å²) in [5, 5.41) is 15.3. The van der Waals surface area contributed by atoms with Gasteiger partial charge in [-0.2, -0.15) is 0 Å². The smallest absolute Gasteiger partial charge is 0.311 e. The van der Waals surface area contributed by atoms with Gasteiger partial charge in [0.2, 0.25) is 0 Å². The van der Waals surface area contributed by atoms with Gasteiger partial charge in [-0.1, -0.05) is 24.3 Å². The Balaban J connectivity index is 2.02. The third kappa shape index (κ3) is 3.76. The van der Waals surface area contributed by atoms with Crippen molar-refractivity contribution in [3.63, 3.8) is 0 Å². The standard InChI is InChI=1S/C24H29NO5/c1-14(26)29-22-18-8-11-24(2,3)30-21(18)17-7-5-4-6-16(17)20(22)19(23(27)28)15-9-12-25-13-10-15/h4-7,15,19,25H,8-13H2,1-3H3,(H,27,28). The number of carbonyl (C=O) groups excluding carboxylic acids is 1. The highest BCUT2D eigenvalue weighted by atomic mass is 16.5. The Hall–Kier alpha value is -2.60. The van der Waals surface area contributed by atoms with Gasteiger partial charge >= 0.3 is 11.9 Å². The molecular formula is C24H29NO5. The highest BCUT2D eigenvalue weighted by molar-refractivity contribution is 5.99. The molecule has 2 aliphatic rings. The minimum atomic E-state index is -0.877. The third-order valence-corrected chi connectivity index (χ3v) is 6.29. The highest BCUT2D eigenvalue weighted by Gasteiger charge is 2.39. The summed E-state index contributed by atoms with van der Waals surface area (Å²) in [5.41, 5.74) is 1.08. The fourth-order valence-corrected chi connectivity index (χ4v) is 4.87. The fraction of sp³-hybridized carbons (Fsp3) is 0.500. The molecule has 0 bridgehead atoms. The second kappa shape index (κ2) is 7.91. The molecule has 0 aromatic heterocycles. The van der Waals surface area contributed by atoms with Crippen molar-refractivity contribution in [3.05, 3.63) is 35.4 Å². The molecule has 0 aliphatic carbocycles. The van der Waals surface area contributed by atoms with E-state index in [9.17, 15) is 14.7 Å². The molecule has 0 amide bonds. The van der Waals surface area contributed by atoms with E-state index >= 15 is 0 Å². The van der Waals surface area contributed by atoms with E-state index in [0.29, 0.717) is 23.5 Å². The first-order chi connectivity index (χ1) is 14.3. The predicted molar refractivity (Wildman–Crippen MR) is 114 cm³/mol. The number of carboxylic acid groups (broad SMARTS) is 1. The van der Waals surface area contributed by atoms with Crippen LogP contribution in [0.25, 0.3) is 10.8 Å². The van der Waals surface area contributed by atoms with E-state index in [0.717, 1.165) is 48.7 Å². The molecule has 160 valence electrons. The molecule has 2 aromatic rings. The molecule has 6 heteroatoms. The van der Waals surface area contributed by atoms with Gasteiger partial charge in [0, 0.05) is 23.4 Å². The second-order valence-corrected chi connectivity index (χ2v) is 8.95. The summed E-state index contributed by atoms with van der Waals surface area (Å²) in [5.74, 6) is -1.01. The summed E-state index contributed by atoms with van der Waals surface area (Å²) in [4.78, 5) is 24.6. The first-order valence-corrected chi connectivity index (χ1v) is 10.7. The number of carbonyl (C=O) groups is 2. The SMILES string of the molecule is CC(=O)Oc1c2c(c3ccccc3c1C(C(=O)O)C1CCNCC1)OC(C)(C)CC2. The summed E-state index contributed by atoms with van der Waals surface area (Å²) >= 11 is 0. The second-order valence-electron chi connectivity index (χ2n) is 8.95. The summed E-state index contributed by atoms with van der Waals surface area (Å²) < 4.78 is 12.1. The van der Waals surface area contributed by atoms with Crippen LogP contribution >= 0.6 is 0 Å². The monoisotopic (exact) mass is 411 g/mol. The third-order valence-electron chi connectivity index (χ3n) is 6.29. The van der Waals surface area contributed by atoms with Crippen LogP contribution in [0, 0.1) is 5.92 Å². The fourth-order valence-electron chi connectivity index (χ4n) is 4.87. The Kier molecular flexibility index (Phi) is 5.45. The maximum atomic E-state index is 12.6. The van der Waals surface area contributed by atoms with Crippen LogP contribution in [0.2, 0.25) is 0 Å². The molecule has 0 saturated carbocycles. The lowest BCUT2D eigenvalue weighted by molar-refractivity contribution is -0.141. The lowest BCUT2D eigenvalue weighted by Gasteiger charge is -2.36. The number of aliphatic carboxylic acids is 1. The topological polar surface area (TPSA) is 84.9 Å². The van der Waals surface area contributed by atoms with E-state index in [1.165, 1.54) is 6.92 Å². The molecule has 1 fully saturated rings. The van der Waals surface area contributed by atoms with Crippen molar-refractivity contribution in [2.24, 2.45) is 5.92 Å². The zero-order chi connectivity index (χ0) is 21.5. The van der Waals surface area contributed by atoms with Gasteiger partial charge in [-0.05, 0) is 63.9 Å². The van der Waals surface area contributed by atoms with Crippen molar-refractivity contribution in [2.75, 3.05) is 13.1 Å². The summed E-state index contributed by atoms with van der Waals surface area (Å²) in [6.45, 7) is 7.02. The van der Waals surface area contributed by atoms with E-state index < -0.39 is 17.9 Å². The normalized spacial score (nSPS) is 19.6. The maximum absolute atomic E-state index is 12.6. The molecule has 2 N–H and O–H groups in total. The zero-order valence-electron chi connectivity index (χ0n) is 17.8. The minimum Gasteiger partial charge on any atom is -0.487 e. The van der Waals surface area contributed by atoms with Crippen molar-refractivity contribution in [1.82, 2.24) is 5.32 Å². The van der Waals surface area contributed by atoms with Gasteiger partial charge in [0.1, 0.15) is 17.1 Å².